The second-order valence-corrected chi connectivity index (χ2v) is 4.18. The van der Waals surface area contributed by atoms with Crippen molar-refractivity contribution in [1.29, 1.82) is 0 Å². The van der Waals surface area contributed by atoms with Gasteiger partial charge in [-0.3, -0.25) is 9.59 Å². The van der Waals surface area contributed by atoms with Crippen LogP contribution in [0.3, 0.4) is 0 Å². The van der Waals surface area contributed by atoms with E-state index in [1.165, 1.54) is 0 Å². The summed E-state index contributed by atoms with van der Waals surface area (Å²) in [4.78, 5) is 22.6. The summed E-state index contributed by atoms with van der Waals surface area (Å²) in [5.41, 5.74) is 0. The molecule has 0 radical (unpaired) electrons. The molecule has 0 fully saturated rings. The molecule has 0 bridgehead atoms. The van der Waals surface area contributed by atoms with E-state index in [2.05, 4.69) is 6.92 Å². The van der Waals surface area contributed by atoms with E-state index in [1.807, 2.05) is 6.08 Å². The zero-order valence-electron chi connectivity index (χ0n) is 8.95. The van der Waals surface area contributed by atoms with E-state index in [0.717, 1.165) is 19.3 Å². The lowest BCUT2D eigenvalue weighted by Crippen LogP contribution is -2.20. The van der Waals surface area contributed by atoms with E-state index in [9.17, 15) is 9.59 Å². The van der Waals surface area contributed by atoms with Crippen LogP contribution in [0.4, 0.5) is 0 Å². The van der Waals surface area contributed by atoms with Gasteiger partial charge in [0.1, 0.15) is 5.78 Å². The largest absolute Gasteiger partial charge is 0.300 e. The molecule has 0 saturated carbocycles. The average Bonchev–Trinajstić information content (AvgIpc) is 2.18. The molecule has 1 rings (SSSR count). The summed E-state index contributed by atoms with van der Waals surface area (Å²) >= 11 is 0. The summed E-state index contributed by atoms with van der Waals surface area (Å²) in [6.45, 7) is 3.74. The van der Waals surface area contributed by atoms with Gasteiger partial charge < -0.3 is 0 Å². The van der Waals surface area contributed by atoms with Gasteiger partial charge in [0.15, 0.2) is 5.78 Å². The quantitative estimate of drug-likeness (QED) is 0.642. The fourth-order valence-corrected chi connectivity index (χ4v) is 2.04. The second kappa shape index (κ2) is 5.08. The van der Waals surface area contributed by atoms with E-state index in [-0.39, 0.29) is 17.5 Å². The average molecular weight is 194 g/mol. The number of hydrogen-bond donors (Lipinski definition) is 0. The van der Waals surface area contributed by atoms with Crippen molar-refractivity contribution in [1.82, 2.24) is 0 Å². The number of Topliss-reactive ketones (excluding diaryl/α,β-unsaturated/α-hetero) is 1. The first kappa shape index (κ1) is 11.2. The minimum Gasteiger partial charge on any atom is -0.300 e. The normalized spacial score (nSPS) is 31.4. The molecule has 0 aliphatic heterocycles. The summed E-state index contributed by atoms with van der Waals surface area (Å²) in [6.07, 6.45) is 6.76. The van der Waals surface area contributed by atoms with Gasteiger partial charge in [0.25, 0.3) is 0 Å². The van der Waals surface area contributed by atoms with Crippen molar-refractivity contribution in [3.63, 3.8) is 0 Å². The SMILES string of the molecule is CC(=O)[C@@H]1CCC(=O)/C=C\CC[C@@H]1C. The molecule has 2 heteroatoms. The third-order valence-corrected chi connectivity index (χ3v) is 3.00. The standard InChI is InChI=1S/C12H18O2/c1-9-5-3-4-6-11(14)7-8-12(9)10(2)13/h4,6,9,12H,3,5,7-8H2,1-2H3/b6-4-/t9-,12+/m0/s1. The highest BCUT2D eigenvalue weighted by molar-refractivity contribution is 5.90. The van der Waals surface area contributed by atoms with Crippen LogP contribution in [-0.2, 0) is 9.59 Å². The minimum atomic E-state index is 0.0823. The first-order valence-corrected chi connectivity index (χ1v) is 5.31. The Morgan fingerprint density at radius 2 is 2.14 bits per heavy atom. The van der Waals surface area contributed by atoms with Crippen LogP contribution in [0.25, 0.3) is 0 Å². The summed E-state index contributed by atoms with van der Waals surface area (Å²) in [7, 11) is 0. The molecule has 1 aliphatic carbocycles. The van der Waals surface area contributed by atoms with E-state index in [4.69, 9.17) is 0 Å². The number of carbonyl (C=O) groups excluding carboxylic acids is 2. The molecule has 0 saturated heterocycles. The Labute approximate surface area is 85.4 Å². The minimum absolute atomic E-state index is 0.0823. The molecule has 0 spiro atoms. The molecular formula is C12H18O2. The number of carbonyl (C=O) groups is 2. The highest BCUT2D eigenvalue weighted by atomic mass is 16.1. The highest BCUT2D eigenvalue weighted by Crippen LogP contribution is 2.24. The zero-order valence-corrected chi connectivity index (χ0v) is 8.95. The molecule has 0 N–H and O–H groups in total. The van der Waals surface area contributed by atoms with Crippen LogP contribution in [-0.4, -0.2) is 11.6 Å². The summed E-state index contributed by atoms with van der Waals surface area (Å²) in [6, 6.07) is 0. The molecule has 2 nitrogen and oxygen atoms in total. The Balaban J connectivity index is 2.67. The topological polar surface area (TPSA) is 34.1 Å². The van der Waals surface area contributed by atoms with Gasteiger partial charge in [0, 0.05) is 12.3 Å². The predicted molar refractivity (Wildman–Crippen MR) is 56.0 cm³/mol. The number of rotatable bonds is 1. The smallest absolute Gasteiger partial charge is 0.155 e. The molecule has 0 aromatic heterocycles. The third-order valence-electron chi connectivity index (χ3n) is 3.00. The number of allylic oxidation sites excluding steroid dienone is 2. The van der Waals surface area contributed by atoms with Gasteiger partial charge in [0.05, 0.1) is 0 Å². The lowest BCUT2D eigenvalue weighted by Gasteiger charge is -2.19. The zero-order chi connectivity index (χ0) is 10.6. The fourth-order valence-electron chi connectivity index (χ4n) is 2.04. The number of hydrogen-bond acceptors (Lipinski definition) is 2. The Bertz CT molecular complexity index is 253. The molecule has 14 heavy (non-hydrogen) atoms. The van der Waals surface area contributed by atoms with Crippen LogP contribution in [0.2, 0.25) is 0 Å². The van der Waals surface area contributed by atoms with Gasteiger partial charge in [0.2, 0.25) is 0 Å². The van der Waals surface area contributed by atoms with Crippen molar-refractivity contribution in [2.24, 2.45) is 11.8 Å². The lowest BCUT2D eigenvalue weighted by atomic mass is 9.84. The maximum absolute atomic E-state index is 11.4. The van der Waals surface area contributed by atoms with Gasteiger partial charge >= 0.3 is 0 Å². The molecular weight excluding hydrogens is 176 g/mol. The van der Waals surface area contributed by atoms with E-state index < -0.39 is 0 Å². The van der Waals surface area contributed by atoms with Gasteiger partial charge in [-0.25, -0.2) is 0 Å². The molecule has 0 unspecified atom stereocenters. The number of ketones is 2. The molecule has 0 aromatic rings. The van der Waals surface area contributed by atoms with Gasteiger partial charge in [-0.1, -0.05) is 13.0 Å². The lowest BCUT2D eigenvalue weighted by molar-refractivity contribution is -0.122. The van der Waals surface area contributed by atoms with Crippen LogP contribution in [0, 0.1) is 11.8 Å². The Morgan fingerprint density at radius 1 is 1.43 bits per heavy atom. The maximum Gasteiger partial charge on any atom is 0.155 e. The Morgan fingerprint density at radius 3 is 2.79 bits per heavy atom. The monoisotopic (exact) mass is 194 g/mol. The van der Waals surface area contributed by atoms with Crippen LogP contribution < -0.4 is 0 Å². The van der Waals surface area contributed by atoms with Crippen LogP contribution in [0.15, 0.2) is 12.2 Å². The predicted octanol–water partition coefficient (Wildman–Crippen LogP) is 2.53. The van der Waals surface area contributed by atoms with E-state index >= 15 is 0 Å². The first-order chi connectivity index (χ1) is 6.61. The van der Waals surface area contributed by atoms with Gasteiger partial charge in [-0.2, -0.15) is 0 Å². The molecule has 0 heterocycles. The third kappa shape index (κ3) is 3.09. The van der Waals surface area contributed by atoms with Crippen molar-refractivity contribution in [3.05, 3.63) is 12.2 Å². The van der Waals surface area contributed by atoms with Crippen molar-refractivity contribution in [2.45, 2.75) is 39.5 Å². The molecule has 78 valence electrons. The fraction of sp³-hybridized carbons (Fsp3) is 0.667. The van der Waals surface area contributed by atoms with Crippen LogP contribution >= 0.6 is 0 Å². The highest BCUT2D eigenvalue weighted by Gasteiger charge is 2.22. The molecule has 0 amide bonds. The van der Waals surface area contributed by atoms with Crippen molar-refractivity contribution >= 4 is 11.6 Å². The van der Waals surface area contributed by atoms with Crippen molar-refractivity contribution in [3.8, 4) is 0 Å². The van der Waals surface area contributed by atoms with Crippen LogP contribution in [0.5, 0.6) is 0 Å². The summed E-state index contributed by atoms with van der Waals surface area (Å²) < 4.78 is 0. The summed E-state index contributed by atoms with van der Waals surface area (Å²) in [5.74, 6) is 0.874. The Hall–Kier alpha value is -0.920. The van der Waals surface area contributed by atoms with Gasteiger partial charge in [-0.15, -0.1) is 0 Å². The second-order valence-electron chi connectivity index (χ2n) is 4.18. The molecule has 0 aromatic carbocycles. The summed E-state index contributed by atoms with van der Waals surface area (Å²) in [5, 5.41) is 0. The Kier molecular flexibility index (Phi) is 4.05. The van der Waals surface area contributed by atoms with Gasteiger partial charge in [-0.05, 0) is 38.2 Å². The maximum atomic E-state index is 11.4. The molecule has 2 atom stereocenters. The van der Waals surface area contributed by atoms with Crippen molar-refractivity contribution < 1.29 is 9.59 Å². The van der Waals surface area contributed by atoms with Crippen LogP contribution in [0.1, 0.15) is 39.5 Å². The molecule has 1 aliphatic rings. The van der Waals surface area contributed by atoms with Crippen molar-refractivity contribution in [2.75, 3.05) is 0 Å². The first-order valence-electron chi connectivity index (χ1n) is 5.31. The van der Waals surface area contributed by atoms with E-state index in [0.29, 0.717) is 12.3 Å². The van der Waals surface area contributed by atoms with E-state index in [1.54, 1.807) is 13.0 Å².